The quantitative estimate of drug-likeness (QED) is 0.0792. The predicted molar refractivity (Wildman–Crippen MR) is 253 cm³/mol. The van der Waals surface area contributed by atoms with E-state index < -0.39 is 115 Å². The van der Waals surface area contributed by atoms with Gasteiger partial charge in [-0.25, -0.2) is 0 Å². The molecule has 3 fully saturated rings. The van der Waals surface area contributed by atoms with E-state index in [2.05, 4.69) is 17.0 Å². The minimum atomic E-state index is -1.49. The molecule has 3 saturated heterocycles. The Morgan fingerprint density at radius 2 is 1.59 bits per heavy atom. The molecule has 3 aliphatic heterocycles. The van der Waals surface area contributed by atoms with Crippen molar-refractivity contribution in [1.29, 1.82) is 0 Å². The van der Waals surface area contributed by atoms with E-state index in [0.717, 1.165) is 25.8 Å². The molecule has 0 bridgehead atoms. The first-order chi connectivity index (χ1) is 32.3. The lowest BCUT2D eigenvalue weighted by Gasteiger charge is -2.53. The van der Waals surface area contributed by atoms with Crippen LogP contribution in [0.4, 0.5) is 0 Å². The maximum atomic E-state index is 14.0. The van der Waals surface area contributed by atoms with Crippen molar-refractivity contribution in [3.8, 4) is 0 Å². The SMILES string of the molecule is CCC(=O)O[C@@H]1CC(=O)O[C@H](C)CCN(CCCCc2ccccc2)C[C@H](O)[C@H](C)C[C@H](CC(OC)OC)[C@H]([C@@H]2O[C@H](C)[C@@H](O[C@@H]3C[C@@](C)(O)[C@@H](OC(=O)CC)[C@H](C)O3)[C@H](N(C)C)[C@H]2O)[C@@H]1OC. The highest BCUT2D eigenvalue weighted by atomic mass is 16.7. The molecule has 0 aliphatic carbocycles. The molecule has 0 amide bonds. The zero-order valence-corrected chi connectivity index (χ0v) is 43.0. The molecule has 0 radical (unpaired) electrons. The second kappa shape index (κ2) is 27.7. The average Bonchev–Trinajstić information content (AvgIpc) is 3.29. The average molecular weight is 967 g/mol. The molecule has 17 heteroatoms. The number of carbonyl (C=O) groups is 3. The highest BCUT2D eigenvalue weighted by Gasteiger charge is 2.55. The van der Waals surface area contributed by atoms with Crippen molar-refractivity contribution in [3.63, 3.8) is 0 Å². The number of aliphatic hydroxyl groups excluding tert-OH is 2. The third-order valence-corrected chi connectivity index (χ3v) is 14.2. The molecule has 3 heterocycles. The number of nitrogens with zero attached hydrogens (tertiary/aromatic N) is 2. The second-order valence-electron chi connectivity index (χ2n) is 19.8. The van der Waals surface area contributed by atoms with Crippen molar-refractivity contribution < 1.29 is 72.3 Å². The van der Waals surface area contributed by atoms with E-state index in [1.54, 1.807) is 41.9 Å². The summed E-state index contributed by atoms with van der Waals surface area (Å²) >= 11 is 0. The zero-order valence-electron chi connectivity index (χ0n) is 43.0. The van der Waals surface area contributed by atoms with Crippen LogP contribution < -0.4 is 0 Å². The molecule has 3 N–H and O–H groups in total. The Balaban J connectivity index is 1.76. The molecule has 0 unspecified atom stereocenters. The smallest absolute Gasteiger partial charge is 0.309 e. The zero-order chi connectivity index (χ0) is 50.3. The van der Waals surface area contributed by atoms with Gasteiger partial charge in [0.25, 0.3) is 0 Å². The fourth-order valence-electron chi connectivity index (χ4n) is 10.4. The minimum absolute atomic E-state index is 0.0295. The van der Waals surface area contributed by atoms with Crippen LogP contribution in [0.3, 0.4) is 0 Å². The van der Waals surface area contributed by atoms with Gasteiger partial charge in [-0.1, -0.05) is 51.1 Å². The first-order valence-corrected chi connectivity index (χ1v) is 24.9. The standard InChI is InChI=1S/C51H86N2O15/c1-13-39(55)66-38-28-41(57)63-32(4)23-25-53(24-19-18-22-35-20-16-15-17-21-35)30-37(54)31(3)26-36(27-42(60-10)61-11)44(48(38)62-12)49-46(58)45(52(8)9)47(33(5)65-49)68-43-29-51(7,59)50(34(6)64-43)67-40(56)14-2/h15-17,20-21,31-34,36-38,42-50,54,58-59H,13-14,18-19,22-30H2,1-12H3/t31-,32-,33-,34+,36-,37+,38-,43-,44+,45-,46-,47-,48-,49+,50+,51-/m1/s1. The van der Waals surface area contributed by atoms with E-state index in [1.165, 1.54) is 12.7 Å². The van der Waals surface area contributed by atoms with Gasteiger partial charge in [-0.15, -0.1) is 0 Å². The maximum Gasteiger partial charge on any atom is 0.309 e. The van der Waals surface area contributed by atoms with Crippen LogP contribution >= 0.6 is 0 Å². The third kappa shape index (κ3) is 16.4. The van der Waals surface area contributed by atoms with E-state index in [0.29, 0.717) is 25.9 Å². The van der Waals surface area contributed by atoms with Crippen LogP contribution in [0.2, 0.25) is 0 Å². The van der Waals surface area contributed by atoms with E-state index >= 15 is 0 Å². The van der Waals surface area contributed by atoms with Gasteiger partial charge in [0.2, 0.25) is 0 Å². The van der Waals surface area contributed by atoms with E-state index in [4.69, 9.17) is 42.6 Å². The number of rotatable bonds is 18. The highest BCUT2D eigenvalue weighted by molar-refractivity contribution is 5.72. The van der Waals surface area contributed by atoms with Crippen LogP contribution in [0.25, 0.3) is 0 Å². The number of unbranched alkanes of at least 4 members (excludes halogenated alkanes) is 1. The van der Waals surface area contributed by atoms with Gasteiger partial charge < -0.3 is 67.8 Å². The van der Waals surface area contributed by atoms with Crippen LogP contribution in [0, 0.1) is 17.8 Å². The van der Waals surface area contributed by atoms with Crippen LogP contribution in [0.5, 0.6) is 0 Å². The lowest BCUT2D eigenvalue weighted by Crippen LogP contribution is -2.67. The van der Waals surface area contributed by atoms with E-state index in [1.807, 2.05) is 58.0 Å². The molecular formula is C51H86N2O15. The number of β-amino-alcohol motifs (C(OH)–C–C–N with tert-alkyl or cyclic N) is 1. The van der Waals surface area contributed by atoms with Gasteiger partial charge in [-0.3, -0.25) is 14.4 Å². The summed E-state index contributed by atoms with van der Waals surface area (Å²) < 4.78 is 55.6. The monoisotopic (exact) mass is 967 g/mol. The Bertz CT molecular complexity index is 1650. The number of carbonyl (C=O) groups excluding carboxylic acids is 3. The number of benzene rings is 1. The van der Waals surface area contributed by atoms with Crippen molar-refractivity contribution in [2.24, 2.45) is 17.8 Å². The summed E-state index contributed by atoms with van der Waals surface area (Å²) in [7, 11) is 8.21. The molecular weight excluding hydrogens is 881 g/mol. The van der Waals surface area contributed by atoms with Crippen molar-refractivity contribution in [2.75, 3.05) is 55.1 Å². The Morgan fingerprint density at radius 3 is 2.19 bits per heavy atom. The fraction of sp³-hybridized carbons (Fsp3) is 0.824. The number of aryl methyl sites for hydroxylation is 1. The first kappa shape index (κ1) is 57.8. The Hall–Kier alpha value is -2.81. The summed E-state index contributed by atoms with van der Waals surface area (Å²) in [5, 5.41) is 36.5. The van der Waals surface area contributed by atoms with Gasteiger partial charge in [0.05, 0.1) is 43.0 Å². The molecule has 68 heavy (non-hydrogen) atoms. The number of likely N-dealkylation sites (N-methyl/N-ethyl adjacent to an activating group) is 1. The number of cyclic esters (lactones) is 1. The number of hydrogen-bond donors (Lipinski definition) is 3. The summed E-state index contributed by atoms with van der Waals surface area (Å²) in [5.41, 5.74) is -0.217. The third-order valence-electron chi connectivity index (χ3n) is 14.2. The highest BCUT2D eigenvalue weighted by Crippen LogP contribution is 2.43. The van der Waals surface area contributed by atoms with Gasteiger partial charge in [0.1, 0.15) is 30.0 Å². The summed E-state index contributed by atoms with van der Waals surface area (Å²) in [6.07, 6.45) is -6.86. The van der Waals surface area contributed by atoms with E-state index in [9.17, 15) is 29.7 Å². The van der Waals surface area contributed by atoms with Crippen molar-refractivity contribution in [3.05, 3.63) is 35.9 Å². The molecule has 17 nitrogen and oxygen atoms in total. The predicted octanol–water partition coefficient (Wildman–Crippen LogP) is 4.67. The van der Waals surface area contributed by atoms with Crippen LogP contribution in [0.15, 0.2) is 30.3 Å². The molecule has 4 rings (SSSR count). The lowest BCUT2D eigenvalue weighted by atomic mass is 9.70. The van der Waals surface area contributed by atoms with Gasteiger partial charge >= 0.3 is 17.9 Å². The summed E-state index contributed by atoms with van der Waals surface area (Å²) in [5.74, 6) is -3.20. The first-order valence-electron chi connectivity index (χ1n) is 24.9. The van der Waals surface area contributed by atoms with Crippen molar-refractivity contribution >= 4 is 17.9 Å². The van der Waals surface area contributed by atoms with Gasteiger partial charge in [-0.05, 0) is 97.8 Å². The van der Waals surface area contributed by atoms with Crippen molar-refractivity contribution in [2.45, 2.75) is 198 Å². The molecule has 3 aliphatic rings. The van der Waals surface area contributed by atoms with Gasteiger partial charge in [-0.2, -0.15) is 0 Å². The molecule has 0 spiro atoms. The minimum Gasteiger partial charge on any atom is -0.463 e. The number of ether oxygens (including phenoxy) is 9. The molecule has 16 atom stereocenters. The number of hydrogen-bond acceptors (Lipinski definition) is 17. The second-order valence-corrected chi connectivity index (χ2v) is 19.8. The van der Waals surface area contributed by atoms with E-state index in [-0.39, 0.29) is 38.0 Å². The van der Waals surface area contributed by atoms with Crippen LogP contribution in [-0.4, -0.2) is 183 Å². The van der Waals surface area contributed by atoms with Gasteiger partial charge in [0.15, 0.2) is 18.7 Å². The summed E-state index contributed by atoms with van der Waals surface area (Å²) in [4.78, 5) is 43.6. The molecule has 0 aromatic heterocycles. The molecule has 390 valence electrons. The molecule has 1 aromatic carbocycles. The molecule has 0 saturated carbocycles. The summed E-state index contributed by atoms with van der Waals surface area (Å²) in [6, 6.07) is 9.62. The number of aliphatic hydroxyl groups is 3. The Labute approximate surface area is 405 Å². The van der Waals surface area contributed by atoms with Crippen LogP contribution in [0.1, 0.15) is 112 Å². The number of methoxy groups -OCH3 is 3. The van der Waals surface area contributed by atoms with Crippen LogP contribution in [-0.2, 0) is 63.4 Å². The number of esters is 3. The lowest BCUT2D eigenvalue weighted by molar-refractivity contribution is -0.318. The summed E-state index contributed by atoms with van der Waals surface area (Å²) in [6.45, 7) is 14.0. The van der Waals surface area contributed by atoms with Gasteiger partial charge in [0, 0.05) is 66.0 Å². The maximum absolute atomic E-state index is 14.0. The molecule has 1 aromatic rings. The Kier molecular flexibility index (Phi) is 23.5. The normalized spacial score (nSPS) is 36.1. The fourth-order valence-corrected chi connectivity index (χ4v) is 10.4. The topological polar surface area (TPSA) is 201 Å². The largest absolute Gasteiger partial charge is 0.463 e. The van der Waals surface area contributed by atoms with Crippen molar-refractivity contribution in [1.82, 2.24) is 9.80 Å². The Morgan fingerprint density at radius 1 is 0.926 bits per heavy atom.